The topological polar surface area (TPSA) is 52.8 Å². The standard InChI is InChI=1S/C18H32N4OS.HI/c1-4-19-18(20-13-15-9-8-12-24-15)21-14-16(22(5-2)6-3)17-10-7-11-23-17;/h7,10-11,15-16H,4-6,8-9,12-14H2,1-3H3,(H2,19,20,21);1H. The number of likely N-dealkylation sites (N-methyl/N-ethyl adjacent to an activating group) is 1. The van der Waals surface area contributed by atoms with Crippen molar-refractivity contribution in [2.75, 3.05) is 38.5 Å². The van der Waals surface area contributed by atoms with Gasteiger partial charge in [0.05, 0.1) is 18.8 Å². The predicted molar refractivity (Wildman–Crippen MR) is 119 cm³/mol. The third kappa shape index (κ3) is 7.38. The van der Waals surface area contributed by atoms with Crippen LogP contribution in [0.15, 0.2) is 27.8 Å². The molecule has 1 aliphatic heterocycles. The molecule has 2 N–H and O–H groups in total. The molecule has 25 heavy (non-hydrogen) atoms. The minimum absolute atomic E-state index is 0. The van der Waals surface area contributed by atoms with Crippen LogP contribution in [-0.2, 0) is 0 Å². The molecule has 0 aromatic carbocycles. The zero-order chi connectivity index (χ0) is 17.2. The zero-order valence-corrected chi connectivity index (χ0v) is 18.8. The smallest absolute Gasteiger partial charge is 0.191 e. The summed E-state index contributed by atoms with van der Waals surface area (Å²) < 4.78 is 5.66. The minimum Gasteiger partial charge on any atom is -0.468 e. The molecule has 1 fully saturated rings. The van der Waals surface area contributed by atoms with Gasteiger partial charge < -0.3 is 15.1 Å². The zero-order valence-electron chi connectivity index (χ0n) is 15.7. The van der Waals surface area contributed by atoms with Crippen LogP contribution >= 0.6 is 35.7 Å². The molecule has 0 aliphatic carbocycles. The quantitative estimate of drug-likeness (QED) is 0.321. The van der Waals surface area contributed by atoms with E-state index in [0.717, 1.165) is 43.1 Å². The maximum absolute atomic E-state index is 5.66. The molecule has 1 aromatic rings. The first-order valence-electron chi connectivity index (χ1n) is 9.19. The summed E-state index contributed by atoms with van der Waals surface area (Å²) >= 11 is 2.07. The normalized spacial score (nSPS) is 18.9. The summed E-state index contributed by atoms with van der Waals surface area (Å²) in [6.45, 7) is 11.0. The number of hydrogen-bond acceptors (Lipinski definition) is 4. The van der Waals surface area contributed by atoms with Gasteiger partial charge in [-0.2, -0.15) is 11.8 Å². The Kier molecular flexibility index (Phi) is 11.6. The number of hydrogen-bond donors (Lipinski definition) is 2. The third-order valence-electron chi connectivity index (χ3n) is 4.41. The molecule has 1 aromatic heterocycles. The van der Waals surface area contributed by atoms with Crippen molar-refractivity contribution in [1.29, 1.82) is 0 Å². The summed E-state index contributed by atoms with van der Waals surface area (Å²) in [7, 11) is 0. The highest BCUT2D eigenvalue weighted by atomic mass is 127. The molecule has 144 valence electrons. The monoisotopic (exact) mass is 480 g/mol. The molecule has 7 heteroatoms. The van der Waals surface area contributed by atoms with E-state index in [2.05, 4.69) is 48.1 Å². The van der Waals surface area contributed by atoms with Gasteiger partial charge in [0, 0.05) is 18.3 Å². The number of guanidine groups is 1. The second-order valence-corrected chi connectivity index (χ2v) is 7.40. The highest BCUT2D eigenvalue weighted by Crippen LogP contribution is 2.25. The molecule has 0 saturated carbocycles. The van der Waals surface area contributed by atoms with Gasteiger partial charge in [-0.05, 0) is 50.7 Å². The van der Waals surface area contributed by atoms with E-state index in [1.165, 1.54) is 18.6 Å². The van der Waals surface area contributed by atoms with Gasteiger partial charge in [-0.3, -0.25) is 9.89 Å². The van der Waals surface area contributed by atoms with E-state index in [0.29, 0.717) is 6.54 Å². The minimum atomic E-state index is 0. The van der Waals surface area contributed by atoms with E-state index in [-0.39, 0.29) is 30.0 Å². The second-order valence-electron chi connectivity index (χ2n) is 5.99. The third-order valence-corrected chi connectivity index (χ3v) is 5.81. The molecular weight excluding hydrogens is 447 g/mol. The maximum Gasteiger partial charge on any atom is 0.191 e. The predicted octanol–water partition coefficient (Wildman–Crippen LogP) is 3.73. The average Bonchev–Trinajstić information content (AvgIpc) is 3.29. The van der Waals surface area contributed by atoms with E-state index in [4.69, 9.17) is 9.41 Å². The van der Waals surface area contributed by atoms with Gasteiger partial charge in [0.15, 0.2) is 5.96 Å². The second kappa shape index (κ2) is 12.9. The summed E-state index contributed by atoms with van der Waals surface area (Å²) in [5, 5.41) is 7.59. The Morgan fingerprint density at radius 2 is 2.16 bits per heavy atom. The van der Waals surface area contributed by atoms with Gasteiger partial charge in [0.2, 0.25) is 0 Å². The Balaban J connectivity index is 0.00000312. The fourth-order valence-electron chi connectivity index (χ4n) is 3.07. The molecule has 5 nitrogen and oxygen atoms in total. The molecule has 2 rings (SSSR count). The fourth-order valence-corrected chi connectivity index (χ4v) is 4.27. The lowest BCUT2D eigenvalue weighted by Gasteiger charge is -2.27. The van der Waals surface area contributed by atoms with Crippen molar-refractivity contribution in [3.05, 3.63) is 24.2 Å². The lowest BCUT2D eigenvalue weighted by atomic mass is 10.2. The largest absolute Gasteiger partial charge is 0.468 e. The number of aliphatic imine (C=N–C) groups is 1. The van der Waals surface area contributed by atoms with E-state index in [1.54, 1.807) is 6.26 Å². The highest BCUT2D eigenvalue weighted by Gasteiger charge is 2.21. The lowest BCUT2D eigenvalue weighted by molar-refractivity contribution is 0.198. The summed E-state index contributed by atoms with van der Waals surface area (Å²) in [4.78, 5) is 7.22. The van der Waals surface area contributed by atoms with E-state index in [9.17, 15) is 0 Å². The Morgan fingerprint density at radius 3 is 2.72 bits per heavy atom. The van der Waals surface area contributed by atoms with Crippen molar-refractivity contribution >= 4 is 41.7 Å². The summed E-state index contributed by atoms with van der Waals surface area (Å²) in [5.74, 6) is 3.20. The first kappa shape index (κ1) is 22.6. The molecule has 2 atom stereocenters. The number of nitrogens with zero attached hydrogens (tertiary/aromatic N) is 2. The number of thioether (sulfide) groups is 1. The molecule has 1 aliphatic rings. The van der Waals surface area contributed by atoms with Crippen molar-refractivity contribution < 1.29 is 4.42 Å². The number of furan rings is 1. The molecule has 0 radical (unpaired) electrons. The first-order valence-corrected chi connectivity index (χ1v) is 10.2. The molecule has 2 unspecified atom stereocenters. The van der Waals surface area contributed by atoms with Crippen LogP contribution in [-0.4, -0.2) is 54.6 Å². The van der Waals surface area contributed by atoms with Crippen molar-refractivity contribution in [3.8, 4) is 0 Å². The lowest BCUT2D eigenvalue weighted by Crippen LogP contribution is -2.41. The summed E-state index contributed by atoms with van der Waals surface area (Å²) in [6, 6.07) is 4.19. The van der Waals surface area contributed by atoms with Gasteiger partial charge in [-0.25, -0.2) is 0 Å². The first-order chi connectivity index (χ1) is 11.8. The van der Waals surface area contributed by atoms with Crippen molar-refractivity contribution in [3.63, 3.8) is 0 Å². The van der Waals surface area contributed by atoms with Crippen LogP contribution in [0.1, 0.15) is 45.4 Å². The Labute approximate surface area is 173 Å². The van der Waals surface area contributed by atoms with Crippen LogP contribution in [0.25, 0.3) is 0 Å². The van der Waals surface area contributed by atoms with Gasteiger partial charge in [-0.15, -0.1) is 24.0 Å². The van der Waals surface area contributed by atoms with Gasteiger partial charge in [0.1, 0.15) is 5.76 Å². The average molecular weight is 480 g/mol. The van der Waals surface area contributed by atoms with Crippen LogP contribution < -0.4 is 10.6 Å². The van der Waals surface area contributed by atoms with E-state index in [1.807, 2.05) is 12.1 Å². The molecule has 0 amide bonds. The number of rotatable bonds is 9. The van der Waals surface area contributed by atoms with Crippen LogP contribution in [0.2, 0.25) is 0 Å². The van der Waals surface area contributed by atoms with Crippen molar-refractivity contribution in [2.45, 2.75) is 44.9 Å². The SMILES string of the molecule is CCNC(=NCC(c1ccco1)N(CC)CC)NCC1CCCS1.I. The molecular formula is C18H33IN4OS. The van der Waals surface area contributed by atoms with E-state index < -0.39 is 0 Å². The maximum atomic E-state index is 5.66. The van der Waals surface area contributed by atoms with Gasteiger partial charge in [0.25, 0.3) is 0 Å². The van der Waals surface area contributed by atoms with Crippen molar-refractivity contribution in [2.24, 2.45) is 4.99 Å². The van der Waals surface area contributed by atoms with Gasteiger partial charge >= 0.3 is 0 Å². The molecule has 0 bridgehead atoms. The van der Waals surface area contributed by atoms with Gasteiger partial charge in [-0.1, -0.05) is 13.8 Å². The molecule has 2 heterocycles. The number of halogens is 1. The van der Waals surface area contributed by atoms with Crippen LogP contribution in [0, 0.1) is 0 Å². The Hall–Kier alpha value is -0.410. The number of nitrogens with one attached hydrogen (secondary N) is 2. The van der Waals surface area contributed by atoms with Crippen LogP contribution in [0.4, 0.5) is 0 Å². The Bertz CT molecular complexity index is 473. The van der Waals surface area contributed by atoms with Crippen LogP contribution in [0.5, 0.6) is 0 Å². The molecule has 0 spiro atoms. The van der Waals surface area contributed by atoms with E-state index >= 15 is 0 Å². The van der Waals surface area contributed by atoms with Crippen LogP contribution in [0.3, 0.4) is 0 Å². The summed E-state index contributed by atoms with van der Waals surface area (Å²) in [6.07, 6.45) is 4.40. The highest BCUT2D eigenvalue weighted by molar-refractivity contribution is 14.0. The molecule has 1 saturated heterocycles. The summed E-state index contributed by atoms with van der Waals surface area (Å²) in [5.41, 5.74) is 0. The van der Waals surface area contributed by atoms with Crippen molar-refractivity contribution in [1.82, 2.24) is 15.5 Å². The Morgan fingerprint density at radius 1 is 1.36 bits per heavy atom. The fraction of sp³-hybridized carbons (Fsp3) is 0.722.